The number of methoxy groups -OCH3 is 1. The topological polar surface area (TPSA) is 56.8 Å². The fourth-order valence-corrected chi connectivity index (χ4v) is 3.21. The fraction of sp³-hybridized carbons (Fsp3) is 0.409. The maximum Gasteiger partial charge on any atom is 0.407 e. The van der Waals surface area contributed by atoms with E-state index in [2.05, 4.69) is 29.6 Å². The van der Waals surface area contributed by atoms with Crippen LogP contribution in [0.15, 0.2) is 48.5 Å². The molecule has 0 saturated carbocycles. The number of aryl methyl sites for hydroxylation is 1. The van der Waals surface area contributed by atoms with Crippen LogP contribution in [0, 0.1) is 0 Å². The summed E-state index contributed by atoms with van der Waals surface area (Å²) in [4.78, 5) is 11.4. The van der Waals surface area contributed by atoms with Crippen molar-refractivity contribution in [3.63, 3.8) is 0 Å². The average Bonchev–Trinajstić information content (AvgIpc) is 2.71. The second-order valence-corrected chi connectivity index (χ2v) is 6.66. The minimum atomic E-state index is -0.372. The van der Waals surface area contributed by atoms with Crippen molar-refractivity contribution in [3.8, 4) is 11.5 Å². The molecule has 1 unspecified atom stereocenters. The van der Waals surface area contributed by atoms with Crippen molar-refractivity contribution >= 4 is 6.09 Å². The normalized spacial score (nSPS) is 16.3. The van der Waals surface area contributed by atoms with Gasteiger partial charge in [0.2, 0.25) is 0 Å². The summed E-state index contributed by atoms with van der Waals surface area (Å²) in [5, 5.41) is 2.67. The van der Waals surface area contributed by atoms with Crippen LogP contribution in [-0.4, -0.2) is 26.4 Å². The molecule has 3 rings (SSSR count). The Bertz CT molecular complexity index is 732. The van der Waals surface area contributed by atoms with Gasteiger partial charge in [-0.2, -0.15) is 0 Å². The van der Waals surface area contributed by atoms with Crippen molar-refractivity contribution in [2.75, 3.05) is 20.3 Å². The van der Waals surface area contributed by atoms with E-state index in [1.54, 1.807) is 7.11 Å². The van der Waals surface area contributed by atoms with Crippen molar-refractivity contribution in [3.05, 3.63) is 59.7 Å². The third-order valence-corrected chi connectivity index (χ3v) is 4.69. The van der Waals surface area contributed by atoms with Crippen LogP contribution in [-0.2, 0) is 11.2 Å². The predicted molar refractivity (Wildman–Crippen MR) is 104 cm³/mol. The molecule has 2 aromatic carbocycles. The Hall–Kier alpha value is -2.69. The lowest BCUT2D eigenvalue weighted by Gasteiger charge is -2.24. The Kier molecular flexibility index (Phi) is 6.97. The van der Waals surface area contributed by atoms with Crippen LogP contribution in [0.4, 0.5) is 4.79 Å². The second kappa shape index (κ2) is 9.86. The maximum absolute atomic E-state index is 11.4. The zero-order valence-corrected chi connectivity index (χ0v) is 15.8. The van der Waals surface area contributed by atoms with Gasteiger partial charge in [0, 0.05) is 13.0 Å². The largest absolute Gasteiger partial charge is 0.493 e. The number of hydrogen-bond donors (Lipinski definition) is 1. The lowest BCUT2D eigenvalue weighted by atomic mass is 10.0. The molecule has 0 aromatic heterocycles. The number of alkyl carbamates (subject to hydrolysis) is 1. The Balaban J connectivity index is 1.48. The summed E-state index contributed by atoms with van der Waals surface area (Å²) >= 11 is 0. The van der Waals surface area contributed by atoms with Crippen molar-refractivity contribution < 1.29 is 19.0 Å². The number of amides is 1. The van der Waals surface area contributed by atoms with Gasteiger partial charge in [0.25, 0.3) is 0 Å². The van der Waals surface area contributed by atoms with Gasteiger partial charge in [-0.05, 0) is 48.9 Å². The molecule has 1 atom stereocenters. The molecule has 2 aromatic rings. The Morgan fingerprint density at radius 3 is 2.70 bits per heavy atom. The zero-order valence-electron chi connectivity index (χ0n) is 15.8. The highest BCUT2D eigenvalue weighted by Gasteiger charge is 2.22. The van der Waals surface area contributed by atoms with Gasteiger partial charge in [-0.3, -0.25) is 0 Å². The molecule has 1 saturated heterocycles. The van der Waals surface area contributed by atoms with E-state index in [-0.39, 0.29) is 12.2 Å². The van der Waals surface area contributed by atoms with Crippen molar-refractivity contribution in [1.82, 2.24) is 5.32 Å². The molecule has 1 N–H and O–H groups in total. The smallest absolute Gasteiger partial charge is 0.407 e. The summed E-state index contributed by atoms with van der Waals surface area (Å²) in [5.41, 5.74) is 2.31. The molecule has 5 heteroatoms. The number of cyclic esters (lactones) is 1. The number of hydrogen-bond acceptors (Lipinski definition) is 4. The van der Waals surface area contributed by atoms with E-state index >= 15 is 0 Å². The van der Waals surface area contributed by atoms with Gasteiger partial charge in [0.15, 0.2) is 11.5 Å². The zero-order chi connectivity index (χ0) is 18.9. The van der Waals surface area contributed by atoms with Crippen LogP contribution in [0.3, 0.4) is 0 Å². The molecular formula is C22H27NO4. The Morgan fingerprint density at radius 1 is 1.07 bits per heavy atom. The summed E-state index contributed by atoms with van der Waals surface area (Å²) in [6.07, 6.45) is 4.49. The van der Waals surface area contributed by atoms with Crippen LogP contribution < -0.4 is 14.8 Å². The number of ether oxygens (including phenoxy) is 3. The molecule has 0 bridgehead atoms. The highest BCUT2D eigenvalue weighted by Crippen LogP contribution is 2.33. The standard InChI is InChI=1S/C22H27NO4/c1-25-20-12-11-18(19-13-14-23-22(24)27-19)16-21(20)26-15-7-3-6-10-17-8-4-2-5-9-17/h2,4-5,8-9,11-12,16,19H,3,6-7,10,13-15H2,1H3,(H,23,24). The third-order valence-electron chi connectivity index (χ3n) is 4.69. The summed E-state index contributed by atoms with van der Waals surface area (Å²) in [5.74, 6) is 1.40. The molecule has 1 heterocycles. The Morgan fingerprint density at radius 2 is 1.93 bits per heavy atom. The molecule has 1 fully saturated rings. The van der Waals surface area contributed by atoms with Crippen LogP contribution >= 0.6 is 0 Å². The van der Waals surface area contributed by atoms with Crippen LogP contribution in [0.1, 0.15) is 42.9 Å². The first-order valence-corrected chi connectivity index (χ1v) is 9.55. The van der Waals surface area contributed by atoms with E-state index in [0.29, 0.717) is 24.7 Å². The summed E-state index contributed by atoms with van der Waals surface area (Å²) in [6, 6.07) is 16.3. The van der Waals surface area contributed by atoms with E-state index in [4.69, 9.17) is 14.2 Å². The first kappa shape index (κ1) is 19.1. The van der Waals surface area contributed by atoms with Crippen LogP contribution in [0.2, 0.25) is 0 Å². The second-order valence-electron chi connectivity index (χ2n) is 6.66. The number of nitrogens with one attached hydrogen (secondary N) is 1. The number of rotatable bonds is 9. The number of unbranched alkanes of at least 4 members (excludes halogenated alkanes) is 2. The number of benzene rings is 2. The lowest BCUT2D eigenvalue weighted by molar-refractivity contribution is 0.0736. The summed E-state index contributed by atoms with van der Waals surface area (Å²) in [7, 11) is 1.63. The highest BCUT2D eigenvalue weighted by atomic mass is 16.6. The van der Waals surface area contributed by atoms with E-state index in [0.717, 1.165) is 37.7 Å². The summed E-state index contributed by atoms with van der Waals surface area (Å²) in [6.45, 7) is 1.26. The molecule has 144 valence electrons. The van der Waals surface area contributed by atoms with E-state index < -0.39 is 0 Å². The Labute approximate surface area is 160 Å². The highest BCUT2D eigenvalue weighted by molar-refractivity contribution is 5.68. The van der Waals surface area contributed by atoms with E-state index in [9.17, 15) is 4.79 Å². The van der Waals surface area contributed by atoms with Gasteiger partial charge < -0.3 is 19.5 Å². The van der Waals surface area contributed by atoms with Gasteiger partial charge in [-0.1, -0.05) is 36.4 Å². The predicted octanol–water partition coefficient (Wildman–Crippen LogP) is 4.66. The van der Waals surface area contributed by atoms with Gasteiger partial charge >= 0.3 is 6.09 Å². The van der Waals surface area contributed by atoms with Crippen LogP contribution in [0.5, 0.6) is 11.5 Å². The van der Waals surface area contributed by atoms with Gasteiger partial charge in [-0.15, -0.1) is 0 Å². The van der Waals surface area contributed by atoms with Crippen molar-refractivity contribution in [2.24, 2.45) is 0 Å². The molecule has 1 aliphatic heterocycles. The molecule has 0 aliphatic carbocycles. The summed E-state index contributed by atoms with van der Waals surface area (Å²) < 4.78 is 16.7. The monoisotopic (exact) mass is 369 g/mol. The van der Waals surface area contributed by atoms with Crippen LogP contribution in [0.25, 0.3) is 0 Å². The average molecular weight is 369 g/mol. The molecule has 27 heavy (non-hydrogen) atoms. The molecule has 1 aliphatic rings. The van der Waals surface area contributed by atoms with Gasteiger partial charge in [-0.25, -0.2) is 4.79 Å². The first-order chi connectivity index (χ1) is 13.3. The molecular weight excluding hydrogens is 342 g/mol. The van der Waals surface area contributed by atoms with Gasteiger partial charge in [0.05, 0.1) is 13.7 Å². The first-order valence-electron chi connectivity index (χ1n) is 9.55. The SMILES string of the molecule is COc1ccc(C2CCNC(=O)O2)cc1OCCCCCc1ccccc1. The minimum absolute atomic E-state index is 0.238. The quantitative estimate of drug-likeness (QED) is 0.653. The number of carbonyl (C=O) groups is 1. The molecule has 0 spiro atoms. The van der Waals surface area contributed by atoms with Crippen molar-refractivity contribution in [2.45, 2.75) is 38.2 Å². The number of carbonyl (C=O) groups excluding carboxylic acids is 1. The molecule has 5 nitrogen and oxygen atoms in total. The van der Waals surface area contributed by atoms with E-state index in [1.165, 1.54) is 5.56 Å². The van der Waals surface area contributed by atoms with Crippen molar-refractivity contribution in [1.29, 1.82) is 0 Å². The lowest BCUT2D eigenvalue weighted by Crippen LogP contribution is -2.33. The fourth-order valence-electron chi connectivity index (χ4n) is 3.21. The van der Waals surface area contributed by atoms with E-state index in [1.807, 2.05) is 24.3 Å². The van der Waals surface area contributed by atoms with Gasteiger partial charge in [0.1, 0.15) is 6.10 Å². The molecule has 0 radical (unpaired) electrons. The third kappa shape index (κ3) is 5.64. The minimum Gasteiger partial charge on any atom is -0.493 e. The maximum atomic E-state index is 11.4. The molecule has 1 amide bonds.